The minimum absolute atomic E-state index is 0.386. The van der Waals surface area contributed by atoms with Gasteiger partial charge in [0, 0.05) is 18.8 Å². The molecule has 0 fully saturated rings. The highest BCUT2D eigenvalue weighted by Crippen LogP contribution is 2.21. The minimum atomic E-state index is 0.386. The highest BCUT2D eigenvalue weighted by Gasteiger charge is 2.16. The van der Waals surface area contributed by atoms with Gasteiger partial charge in [0.1, 0.15) is 11.9 Å². The van der Waals surface area contributed by atoms with Crippen LogP contribution in [0.1, 0.15) is 38.4 Å². The van der Waals surface area contributed by atoms with E-state index in [9.17, 15) is 0 Å². The fourth-order valence-electron chi connectivity index (χ4n) is 1.95. The lowest BCUT2D eigenvalue weighted by atomic mass is 10.0. The second-order valence-corrected chi connectivity index (χ2v) is 5.03. The summed E-state index contributed by atoms with van der Waals surface area (Å²) >= 11 is 0. The molecule has 1 atom stereocenters. The standard InChI is InChI=1S/C14H21N3/c1-10(2)8-12(4)17(5)14-13(9-15)7-6-11(3)16-14/h6-7,10,12H,8H2,1-5H3. The Morgan fingerprint density at radius 3 is 2.53 bits per heavy atom. The summed E-state index contributed by atoms with van der Waals surface area (Å²) in [4.78, 5) is 6.58. The highest BCUT2D eigenvalue weighted by atomic mass is 15.2. The molecule has 1 rings (SSSR count). The summed E-state index contributed by atoms with van der Waals surface area (Å²) in [6.45, 7) is 8.54. The van der Waals surface area contributed by atoms with E-state index in [4.69, 9.17) is 5.26 Å². The molecular formula is C14H21N3. The second kappa shape index (κ2) is 5.67. The maximum Gasteiger partial charge on any atom is 0.146 e. The Kier molecular flexibility index (Phi) is 4.51. The Morgan fingerprint density at radius 2 is 2.00 bits per heavy atom. The van der Waals surface area contributed by atoms with Crippen LogP contribution in [0, 0.1) is 24.2 Å². The Hall–Kier alpha value is -1.56. The number of hydrogen-bond donors (Lipinski definition) is 0. The number of nitriles is 1. The molecule has 0 aliphatic heterocycles. The molecule has 0 aromatic carbocycles. The summed E-state index contributed by atoms with van der Waals surface area (Å²) in [5, 5.41) is 9.11. The van der Waals surface area contributed by atoms with E-state index in [0.29, 0.717) is 17.5 Å². The van der Waals surface area contributed by atoms with Crippen molar-refractivity contribution in [2.24, 2.45) is 5.92 Å². The summed E-state index contributed by atoms with van der Waals surface area (Å²) in [5.41, 5.74) is 1.59. The molecular weight excluding hydrogens is 210 g/mol. The van der Waals surface area contributed by atoms with Crippen LogP contribution in [0.15, 0.2) is 12.1 Å². The monoisotopic (exact) mass is 231 g/mol. The lowest BCUT2D eigenvalue weighted by Crippen LogP contribution is -2.31. The summed E-state index contributed by atoms with van der Waals surface area (Å²) < 4.78 is 0. The van der Waals surface area contributed by atoms with Gasteiger partial charge in [-0.05, 0) is 38.3 Å². The molecule has 0 N–H and O–H groups in total. The van der Waals surface area contributed by atoms with Gasteiger partial charge in [0.15, 0.2) is 0 Å². The first kappa shape index (κ1) is 13.5. The average molecular weight is 231 g/mol. The molecule has 3 nitrogen and oxygen atoms in total. The van der Waals surface area contributed by atoms with Gasteiger partial charge in [0.05, 0.1) is 5.56 Å². The quantitative estimate of drug-likeness (QED) is 0.799. The van der Waals surface area contributed by atoms with Crippen molar-refractivity contribution in [2.45, 2.75) is 40.2 Å². The van der Waals surface area contributed by atoms with E-state index < -0.39 is 0 Å². The van der Waals surface area contributed by atoms with Crippen LogP contribution in [-0.2, 0) is 0 Å². The molecule has 17 heavy (non-hydrogen) atoms. The average Bonchev–Trinajstić information content (AvgIpc) is 2.27. The summed E-state index contributed by atoms with van der Waals surface area (Å²) in [6.07, 6.45) is 1.09. The lowest BCUT2D eigenvalue weighted by molar-refractivity contribution is 0.502. The predicted octanol–water partition coefficient (Wildman–Crippen LogP) is 3.13. The maximum atomic E-state index is 9.11. The van der Waals surface area contributed by atoms with Gasteiger partial charge in [-0.2, -0.15) is 5.26 Å². The third-order valence-corrected chi connectivity index (χ3v) is 2.94. The van der Waals surface area contributed by atoms with E-state index in [2.05, 4.69) is 36.7 Å². The molecule has 0 aliphatic rings. The van der Waals surface area contributed by atoms with E-state index >= 15 is 0 Å². The Morgan fingerprint density at radius 1 is 1.35 bits per heavy atom. The third-order valence-electron chi connectivity index (χ3n) is 2.94. The zero-order valence-corrected chi connectivity index (χ0v) is 11.4. The van der Waals surface area contributed by atoms with Crippen molar-refractivity contribution in [3.63, 3.8) is 0 Å². The van der Waals surface area contributed by atoms with Crippen molar-refractivity contribution < 1.29 is 0 Å². The molecule has 0 aliphatic carbocycles. The molecule has 1 aromatic heterocycles. The van der Waals surface area contributed by atoms with Gasteiger partial charge in [-0.1, -0.05) is 13.8 Å². The van der Waals surface area contributed by atoms with Gasteiger partial charge in [-0.25, -0.2) is 4.98 Å². The van der Waals surface area contributed by atoms with Crippen LogP contribution < -0.4 is 4.90 Å². The van der Waals surface area contributed by atoms with Gasteiger partial charge in [-0.15, -0.1) is 0 Å². The third kappa shape index (κ3) is 3.45. The molecule has 92 valence electrons. The predicted molar refractivity (Wildman–Crippen MR) is 71.0 cm³/mol. The lowest BCUT2D eigenvalue weighted by Gasteiger charge is -2.28. The van der Waals surface area contributed by atoms with Crippen LogP contribution >= 0.6 is 0 Å². The summed E-state index contributed by atoms with van der Waals surface area (Å²) in [5.74, 6) is 1.43. The molecule has 0 amide bonds. The number of rotatable bonds is 4. The van der Waals surface area contributed by atoms with E-state index in [1.54, 1.807) is 0 Å². The van der Waals surface area contributed by atoms with Crippen LogP contribution in [0.3, 0.4) is 0 Å². The minimum Gasteiger partial charge on any atom is -0.356 e. The SMILES string of the molecule is Cc1ccc(C#N)c(N(C)C(C)CC(C)C)n1. The van der Waals surface area contributed by atoms with Gasteiger partial charge in [0.25, 0.3) is 0 Å². The number of aryl methyl sites for hydroxylation is 1. The highest BCUT2D eigenvalue weighted by molar-refractivity contribution is 5.54. The summed E-state index contributed by atoms with van der Waals surface area (Å²) in [6, 6.07) is 6.31. The van der Waals surface area contributed by atoms with Crippen LogP contribution in [-0.4, -0.2) is 18.1 Å². The van der Waals surface area contributed by atoms with E-state index in [1.165, 1.54) is 0 Å². The first-order valence-corrected chi connectivity index (χ1v) is 6.06. The van der Waals surface area contributed by atoms with Crippen molar-refractivity contribution in [1.29, 1.82) is 5.26 Å². The van der Waals surface area contributed by atoms with Gasteiger partial charge in [-0.3, -0.25) is 0 Å². The topological polar surface area (TPSA) is 39.9 Å². The molecule has 1 unspecified atom stereocenters. The van der Waals surface area contributed by atoms with Crippen molar-refractivity contribution in [3.05, 3.63) is 23.4 Å². The molecule has 1 heterocycles. The zero-order valence-electron chi connectivity index (χ0n) is 11.4. The number of hydrogen-bond acceptors (Lipinski definition) is 3. The van der Waals surface area contributed by atoms with Crippen molar-refractivity contribution in [1.82, 2.24) is 4.98 Å². The number of nitrogens with zero attached hydrogens (tertiary/aromatic N) is 3. The smallest absolute Gasteiger partial charge is 0.146 e. The van der Waals surface area contributed by atoms with Gasteiger partial charge in [0.2, 0.25) is 0 Å². The maximum absolute atomic E-state index is 9.11. The summed E-state index contributed by atoms with van der Waals surface area (Å²) in [7, 11) is 2.01. The molecule has 0 saturated heterocycles. The van der Waals surface area contributed by atoms with Gasteiger partial charge < -0.3 is 4.90 Å². The van der Waals surface area contributed by atoms with Crippen LogP contribution in [0.5, 0.6) is 0 Å². The van der Waals surface area contributed by atoms with E-state index in [1.807, 2.05) is 26.1 Å². The Bertz CT molecular complexity index is 418. The van der Waals surface area contributed by atoms with E-state index in [0.717, 1.165) is 17.9 Å². The van der Waals surface area contributed by atoms with E-state index in [-0.39, 0.29) is 0 Å². The number of pyridine rings is 1. The van der Waals surface area contributed by atoms with Crippen LogP contribution in [0.2, 0.25) is 0 Å². The normalized spacial score (nSPS) is 12.3. The Balaban J connectivity index is 2.99. The van der Waals surface area contributed by atoms with Crippen LogP contribution in [0.25, 0.3) is 0 Å². The molecule has 3 heteroatoms. The number of anilines is 1. The molecule has 0 spiro atoms. The molecule has 1 aromatic rings. The first-order chi connectivity index (χ1) is 7.95. The fraction of sp³-hybridized carbons (Fsp3) is 0.571. The zero-order chi connectivity index (χ0) is 13.0. The van der Waals surface area contributed by atoms with Gasteiger partial charge >= 0.3 is 0 Å². The van der Waals surface area contributed by atoms with Crippen molar-refractivity contribution >= 4 is 5.82 Å². The second-order valence-electron chi connectivity index (χ2n) is 5.03. The fourth-order valence-corrected chi connectivity index (χ4v) is 1.95. The van der Waals surface area contributed by atoms with Crippen molar-refractivity contribution in [2.75, 3.05) is 11.9 Å². The molecule has 0 saturated carbocycles. The van der Waals surface area contributed by atoms with Crippen LogP contribution in [0.4, 0.5) is 5.82 Å². The molecule has 0 bridgehead atoms. The molecule has 0 radical (unpaired) electrons. The first-order valence-electron chi connectivity index (χ1n) is 6.06. The largest absolute Gasteiger partial charge is 0.356 e. The number of aromatic nitrogens is 1. The van der Waals surface area contributed by atoms with Crippen molar-refractivity contribution in [3.8, 4) is 6.07 Å². The Labute approximate surface area is 104 Å².